The van der Waals surface area contributed by atoms with Crippen LogP contribution < -0.4 is 5.32 Å². The number of likely N-dealkylation sites (tertiary alicyclic amines) is 1. The molecule has 0 aromatic heterocycles. The summed E-state index contributed by atoms with van der Waals surface area (Å²) in [6, 6.07) is 5.86. The Labute approximate surface area is 141 Å². The number of rotatable bonds is 6. The van der Waals surface area contributed by atoms with Gasteiger partial charge < -0.3 is 15.3 Å². The lowest BCUT2D eigenvalue weighted by atomic mass is 10.0. The molecule has 2 rings (SSSR count). The number of unbranched alkanes of at least 4 members (excludes halogenated alkanes) is 1. The molecule has 1 aliphatic rings. The number of anilines is 1. The Bertz CT molecular complexity index is 598. The third kappa shape index (κ3) is 4.57. The van der Waals surface area contributed by atoms with Gasteiger partial charge in [-0.05, 0) is 49.9 Å². The molecule has 24 heavy (non-hydrogen) atoms. The zero-order valence-electron chi connectivity index (χ0n) is 14.0. The van der Waals surface area contributed by atoms with Crippen LogP contribution in [0.3, 0.4) is 0 Å². The minimum atomic E-state index is -0.956. The van der Waals surface area contributed by atoms with Crippen LogP contribution in [0.1, 0.15) is 55.8 Å². The number of benzene rings is 1. The zero-order valence-corrected chi connectivity index (χ0v) is 14.0. The second-order valence-corrected chi connectivity index (χ2v) is 6.08. The number of nitrogens with zero attached hydrogens (tertiary/aromatic N) is 1. The molecule has 0 bridgehead atoms. The van der Waals surface area contributed by atoms with Crippen molar-refractivity contribution in [3.63, 3.8) is 0 Å². The topological polar surface area (TPSA) is 86.7 Å². The van der Waals surface area contributed by atoms with Gasteiger partial charge in [0, 0.05) is 24.2 Å². The summed E-state index contributed by atoms with van der Waals surface area (Å²) in [6.07, 6.45) is 4.41. The van der Waals surface area contributed by atoms with Crippen LogP contribution in [-0.2, 0) is 9.59 Å². The largest absolute Gasteiger partial charge is 0.480 e. The van der Waals surface area contributed by atoms with E-state index in [4.69, 9.17) is 0 Å². The molecule has 1 heterocycles. The number of carbonyl (C=O) groups is 3. The molecule has 6 nitrogen and oxygen atoms in total. The minimum absolute atomic E-state index is 0.0436. The van der Waals surface area contributed by atoms with Gasteiger partial charge in [-0.15, -0.1) is 0 Å². The molecular weight excluding hydrogens is 308 g/mol. The van der Waals surface area contributed by atoms with E-state index in [2.05, 4.69) is 5.32 Å². The van der Waals surface area contributed by atoms with Crippen LogP contribution in [0.5, 0.6) is 0 Å². The molecule has 2 N–H and O–H groups in total. The van der Waals surface area contributed by atoms with Gasteiger partial charge in [0.2, 0.25) is 5.91 Å². The van der Waals surface area contributed by atoms with Gasteiger partial charge in [0.15, 0.2) is 0 Å². The summed E-state index contributed by atoms with van der Waals surface area (Å²) in [4.78, 5) is 37.0. The van der Waals surface area contributed by atoms with Crippen LogP contribution in [0.15, 0.2) is 24.3 Å². The maximum Gasteiger partial charge on any atom is 0.326 e. The fourth-order valence-electron chi connectivity index (χ4n) is 2.85. The summed E-state index contributed by atoms with van der Waals surface area (Å²) >= 11 is 0. The van der Waals surface area contributed by atoms with Crippen LogP contribution in [0.25, 0.3) is 0 Å². The standard InChI is InChI=1S/C18H24N2O4/c1-2-3-7-16(21)19-14-10-8-13(9-11-14)17(22)20-12-5-4-6-15(20)18(23)24/h8-11,15H,2-7,12H2,1H3,(H,19,21)(H,23,24)/t15-/m0/s1. The van der Waals surface area contributed by atoms with Gasteiger partial charge in [0.05, 0.1) is 0 Å². The Morgan fingerprint density at radius 1 is 1.21 bits per heavy atom. The van der Waals surface area contributed by atoms with E-state index in [9.17, 15) is 19.5 Å². The lowest BCUT2D eigenvalue weighted by molar-refractivity contribution is -0.143. The number of nitrogens with one attached hydrogen (secondary N) is 1. The van der Waals surface area contributed by atoms with Crippen molar-refractivity contribution in [2.24, 2.45) is 0 Å². The van der Waals surface area contributed by atoms with Gasteiger partial charge in [-0.25, -0.2) is 4.79 Å². The molecule has 1 fully saturated rings. The Hall–Kier alpha value is -2.37. The van der Waals surface area contributed by atoms with Gasteiger partial charge >= 0.3 is 5.97 Å². The first-order valence-corrected chi connectivity index (χ1v) is 8.46. The SMILES string of the molecule is CCCCC(=O)Nc1ccc(C(=O)N2CCCC[C@H]2C(=O)O)cc1. The first-order valence-electron chi connectivity index (χ1n) is 8.46. The molecule has 6 heteroatoms. The van der Waals surface area contributed by atoms with Crippen molar-refractivity contribution in [1.29, 1.82) is 0 Å². The quantitative estimate of drug-likeness (QED) is 0.838. The molecule has 1 atom stereocenters. The second-order valence-electron chi connectivity index (χ2n) is 6.08. The van der Waals surface area contributed by atoms with Crippen molar-refractivity contribution in [2.45, 2.75) is 51.5 Å². The highest BCUT2D eigenvalue weighted by atomic mass is 16.4. The lowest BCUT2D eigenvalue weighted by Crippen LogP contribution is -2.47. The molecular formula is C18H24N2O4. The van der Waals surface area contributed by atoms with Crippen molar-refractivity contribution in [2.75, 3.05) is 11.9 Å². The molecule has 0 unspecified atom stereocenters. The van der Waals surface area contributed by atoms with Crippen LogP contribution in [0.2, 0.25) is 0 Å². The van der Waals surface area contributed by atoms with E-state index in [0.29, 0.717) is 30.6 Å². The minimum Gasteiger partial charge on any atom is -0.480 e. The normalized spacial score (nSPS) is 17.4. The Morgan fingerprint density at radius 3 is 2.54 bits per heavy atom. The number of piperidine rings is 1. The first-order chi connectivity index (χ1) is 11.5. The number of carbonyl (C=O) groups excluding carboxylic acids is 2. The highest BCUT2D eigenvalue weighted by Gasteiger charge is 2.32. The molecule has 130 valence electrons. The molecule has 1 aliphatic heterocycles. The summed E-state index contributed by atoms with van der Waals surface area (Å²) in [5.74, 6) is -1.27. The number of aliphatic carboxylic acids is 1. The van der Waals surface area contributed by atoms with E-state index in [1.54, 1.807) is 24.3 Å². The molecule has 1 aromatic carbocycles. The number of amides is 2. The van der Waals surface area contributed by atoms with E-state index in [1.165, 1.54) is 4.90 Å². The van der Waals surface area contributed by atoms with Gasteiger partial charge in [0.1, 0.15) is 6.04 Å². The van der Waals surface area contributed by atoms with E-state index >= 15 is 0 Å². The molecule has 1 saturated heterocycles. The summed E-state index contributed by atoms with van der Waals surface area (Å²) in [5, 5.41) is 12.1. The van der Waals surface area contributed by atoms with Gasteiger partial charge in [0.25, 0.3) is 5.91 Å². The Kier molecular flexibility index (Phi) is 6.35. The van der Waals surface area contributed by atoms with Gasteiger partial charge in [-0.3, -0.25) is 9.59 Å². The number of carboxylic acid groups (broad SMARTS) is 1. The maximum atomic E-state index is 12.6. The van der Waals surface area contributed by atoms with Crippen molar-refractivity contribution in [3.05, 3.63) is 29.8 Å². The van der Waals surface area contributed by atoms with E-state index in [0.717, 1.165) is 25.7 Å². The van der Waals surface area contributed by atoms with Gasteiger partial charge in [-0.1, -0.05) is 13.3 Å². The maximum absolute atomic E-state index is 12.6. The second kappa shape index (κ2) is 8.47. The molecule has 2 amide bonds. The van der Waals surface area contributed by atoms with Crippen LogP contribution >= 0.6 is 0 Å². The predicted octanol–water partition coefficient (Wildman–Crippen LogP) is 2.89. The molecule has 0 spiro atoms. The van der Waals surface area contributed by atoms with E-state index < -0.39 is 12.0 Å². The highest BCUT2D eigenvalue weighted by Crippen LogP contribution is 2.21. The fraction of sp³-hybridized carbons (Fsp3) is 0.500. The first kappa shape index (κ1) is 18.0. The third-order valence-electron chi connectivity index (χ3n) is 4.22. The lowest BCUT2D eigenvalue weighted by Gasteiger charge is -2.33. The van der Waals surface area contributed by atoms with Crippen molar-refractivity contribution < 1.29 is 19.5 Å². The van der Waals surface area contributed by atoms with E-state index in [-0.39, 0.29) is 11.8 Å². The van der Waals surface area contributed by atoms with Crippen LogP contribution in [0, 0.1) is 0 Å². The smallest absolute Gasteiger partial charge is 0.326 e. The molecule has 0 radical (unpaired) electrons. The van der Waals surface area contributed by atoms with E-state index in [1.807, 2.05) is 6.92 Å². The summed E-state index contributed by atoms with van der Waals surface area (Å²) in [5.41, 5.74) is 1.08. The highest BCUT2D eigenvalue weighted by molar-refractivity contribution is 5.97. The zero-order chi connectivity index (χ0) is 17.5. The molecule has 0 saturated carbocycles. The number of carboxylic acids is 1. The number of hydrogen-bond donors (Lipinski definition) is 2. The Balaban J connectivity index is 2.02. The summed E-state index contributed by atoms with van der Waals surface area (Å²) in [7, 11) is 0. The average molecular weight is 332 g/mol. The van der Waals surface area contributed by atoms with Gasteiger partial charge in [-0.2, -0.15) is 0 Å². The summed E-state index contributed by atoms with van der Waals surface area (Å²) < 4.78 is 0. The molecule has 0 aliphatic carbocycles. The average Bonchev–Trinajstić information content (AvgIpc) is 2.60. The van der Waals surface area contributed by atoms with Crippen molar-refractivity contribution in [1.82, 2.24) is 4.90 Å². The van der Waals surface area contributed by atoms with Crippen molar-refractivity contribution >= 4 is 23.5 Å². The van der Waals surface area contributed by atoms with Crippen LogP contribution in [0.4, 0.5) is 5.69 Å². The molecule has 1 aromatic rings. The number of hydrogen-bond acceptors (Lipinski definition) is 3. The third-order valence-corrected chi connectivity index (χ3v) is 4.22. The monoisotopic (exact) mass is 332 g/mol. The van der Waals surface area contributed by atoms with Crippen molar-refractivity contribution in [3.8, 4) is 0 Å². The Morgan fingerprint density at radius 2 is 1.92 bits per heavy atom. The van der Waals surface area contributed by atoms with Crippen LogP contribution in [-0.4, -0.2) is 40.4 Å². The predicted molar refractivity (Wildman–Crippen MR) is 90.9 cm³/mol. The summed E-state index contributed by atoms with van der Waals surface area (Å²) in [6.45, 7) is 2.49. The fourth-order valence-corrected chi connectivity index (χ4v) is 2.85.